The Balaban J connectivity index is 2.12. The summed E-state index contributed by atoms with van der Waals surface area (Å²) in [5, 5.41) is 2.56. The van der Waals surface area contributed by atoms with Gasteiger partial charge in [-0.1, -0.05) is 12.8 Å². The number of nitrogens with one attached hydrogen (secondary N) is 1. The number of amides is 2. The highest BCUT2D eigenvalue weighted by Crippen LogP contribution is 2.34. The third kappa shape index (κ3) is 4.36. The van der Waals surface area contributed by atoms with Crippen molar-refractivity contribution in [1.29, 1.82) is 0 Å². The molecule has 3 nitrogen and oxygen atoms in total. The predicted molar refractivity (Wildman–Crippen MR) is 78.2 cm³/mol. The van der Waals surface area contributed by atoms with Crippen LogP contribution in [0.25, 0.3) is 0 Å². The molecule has 1 aliphatic heterocycles. The number of rotatable bonds is 1. The number of hydrogen-bond donors (Lipinski definition) is 1. The lowest BCUT2D eigenvalue weighted by atomic mass is 10.2. The minimum Gasteiger partial charge on any atom is -0.325 e. The molecule has 116 valence electrons. The zero-order valence-electron chi connectivity index (χ0n) is 11.3. The molecule has 7 heteroatoms. The maximum atomic E-state index is 12.7. The molecule has 0 atom stereocenters. The first kappa shape index (κ1) is 16.1. The minimum atomic E-state index is -4.43. The lowest BCUT2D eigenvalue weighted by molar-refractivity contribution is -0.137. The number of carbonyl (C=O) groups excluding carboxylic acids is 1. The second kappa shape index (κ2) is 6.68. The van der Waals surface area contributed by atoms with E-state index in [4.69, 9.17) is 0 Å². The average molecular weight is 365 g/mol. The number of urea groups is 1. The van der Waals surface area contributed by atoms with Crippen LogP contribution >= 0.6 is 15.9 Å². The van der Waals surface area contributed by atoms with Crippen molar-refractivity contribution in [2.24, 2.45) is 0 Å². The minimum absolute atomic E-state index is 0.138. The Morgan fingerprint density at radius 1 is 1.14 bits per heavy atom. The van der Waals surface area contributed by atoms with Gasteiger partial charge in [-0.3, -0.25) is 0 Å². The monoisotopic (exact) mass is 364 g/mol. The fraction of sp³-hybridized carbons (Fsp3) is 0.500. The summed E-state index contributed by atoms with van der Waals surface area (Å²) in [5.74, 6) is 0. The Kier molecular flexibility index (Phi) is 5.13. The summed E-state index contributed by atoms with van der Waals surface area (Å²) >= 11 is 3.16. The van der Waals surface area contributed by atoms with Crippen LogP contribution in [0.1, 0.15) is 31.2 Å². The molecule has 1 N–H and O–H groups in total. The summed E-state index contributed by atoms with van der Waals surface area (Å²) in [6.45, 7) is 1.28. The third-order valence-corrected chi connectivity index (χ3v) is 4.12. The van der Waals surface area contributed by atoms with Crippen LogP contribution in [0.5, 0.6) is 0 Å². The smallest absolute Gasteiger partial charge is 0.325 e. The van der Waals surface area contributed by atoms with E-state index < -0.39 is 11.7 Å². The molecule has 1 heterocycles. The van der Waals surface area contributed by atoms with Crippen LogP contribution in [-0.4, -0.2) is 24.0 Å². The molecule has 0 unspecified atom stereocenters. The molecule has 0 radical (unpaired) electrons. The van der Waals surface area contributed by atoms with Crippen LogP contribution in [0.15, 0.2) is 22.7 Å². The predicted octanol–water partition coefficient (Wildman–Crippen LogP) is 4.88. The number of alkyl halides is 3. The van der Waals surface area contributed by atoms with Gasteiger partial charge in [0.15, 0.2) is 0 Å². The van der Waals surface area contributed by atoms with Crippen molar-refractivity contribution in [3.63, 3.8) is 0 Å². The van der Waals surface area contributed by atoms with Gasteiger partial charge in [0.2, 0.25) is 0 Å². The van der Waals surface area contributed by atoms with E-state index in [2.05, 4.69) is 21.2 Å². The summed E-state index contributed by atoms with van der Waals surface area (Å²) in [5.41, 5.74) is -0.643. The highest BCUT2D eigenvalue weighted by Gasteiger charge is 2.31. The molecule has 1 saturated heterocycles. The van der Waals surface area contributed by atoms with Crippen LogP contribution in [0, 0.1) is 0 Å². The maximum Gasteiger partial charge on any atom is 0.416 e. The molecule has 21 heavy (non-hydrogen) atoms. The number of benzene rings is 1. The van der Waals surface area contributed by atoms with Gasteiger partial charge in [0, 0.05) is 17.6 Å². The number of carbonyl (C=O) groups is 1. The lowest BCUT2D eigenvalue weighted by Crippen LogP contribution is -2.35. The van der Waals surface area contributed by atoms with Gasteiger partial charge in [-0.05, 0) is 47.0 Å². The van der Waals surface area contributed by atoms with Gasteiger partial charge < -0.3 is 10.2 Å². The Morgan fingerprint density at radius 3 is 2.33 bits per heavy atom. The van der Waals surface area contributed by atoms with Gasteiger partial charge >= 0.3 is 12.2 Å². The van der Waals surface area contributed by atoms with Crippen LogP contribution in [-0.2, 0) is 6.18 Å². The van der Waals surface area contributed by atoms with Crippen molar-refractivity contribution in [3.05, 3.63) is 28.2 Å². The SMILES string of the molecule is O=C(Nc1cc(C(F)(F)F)ccc1Br)N1CCCCCC1. The molecule has 0 aromatic heterocycles. The topological polar surface area (TPSA) is 32.3 Å². The van der Waals surface area contributed by atoms with Gasteiger partial charge in [-0.2, -0.15) is 13.2 Å². The Morgan fingerprint density at radius 2 is 1.76 bits per heavy atom. The van der Waals surface area contributed by atoms with Gasteiger partial charge in [0.25, 0.3) is 0 Å². The quantitative estimate of drug-likeness (QED) is 0.756. The number of anilines is 1. The molecule has 1 aromatic rings. The van der Waals surface area contributed by atoms with Crippen molar-refractivity contribution in [1.82, 2.24) is 4.90 Å². The van der Waals surface area contributed by atoms with Crippen LogP contribution in [0.3, 0.4) is 0 Å². The number of likely N-dealkylation sites (tertiary alicyclic amines) is 1. The number of hydrogen-bond acceptors (Lipinski definition) is 1. The van der Waals surface area contributed by atoms with Gasteiger partial charge in [0.1, 0.15) is 0 Å². The molecule has 2 amide bonds. The first-order valence-electron chi connectivity index (χ1n) is 6.80. The molecule has 1 aliphatic rings. The molecule has 0 bridgehead atoms. The van der Waals surface area contributed by atoms with Crippen molar-refractivity contribution in [2.45, 2.75) is 31.9 Å². The van der Waals surface area contributed by atoms with Gasteiger partial charge in [-0.15, -0.1) is 0 Å². The fourth-order valence-electron chi connectivity index (χ4n) is 2.27. The van der Waals surface area contributed by atoms with E-state index in [9.17, 15) is 18.0 Å². The number of nitrogens with zero attached hydrogens (tertiary/aromatic N) is 1. The first-order valence-corrected chi connectivity index (χ1v) is 7.60. The van der Waals surface area contributed by atoms with Crippen molar-refractivity contribution in [3.8, 4) is 0 Å². The summed E-state index contributed by atoms with van der Waals surface area (Å²) in [4.78, 5) is 13.8. The molecular formula is C14H16BrF3N2O. The maximum absolute atomic E-state index is 12.7. The second-order valence-corrected chi connectivity index (χ2v) is 5.88. The van der Waals surface area contributed by atoms with E-state index in [0.717, 1.165) is 37.8 Å². The van der Waals surface area contributed by atoms with Crippen LogP contribution in [0.4, 0.5) is 23.7 Å². The van der Waals surface area contributed by atoms with Crippen molar-refractivity contribution < 1.29 is 18.0 Å². The Bertz CT molecular complexity index is 511. The molecule has 0 saturated carbocycles. The molecule has 1 fully saturated rings. The van der Waals surface area contributed by atoms with E-state index in [1.165, 1.54) is 6.07 Å². The highest BCUT2D eigenvalue weighted by atomic mass is 79.9. The van der Waals surface area contributed by atoms with E-state index in [1.807, 2.05) is 0 Å². The van der Waals surface area contributed by atoms with E-state index in [1.54, 1.807) is 4.90 Å². The Hall–Kier alpha value is -1.24. The number of halogens is 4. The first-order chi connectivity index (χ1) is 9.88. The second-order valence-electron chi connectivity index (χ2n) is 5.02. The summed E-state index contributed by atoms with van der Waals surface area (Å²) in [6, 6.07) is 2.86. The summed E-state index contributed by atoms with van der Waals surface area (Å²) < 4.78 is 38.6. The zero-order chi connectivity index (χ0) is 15.5. The van der Waals surface area contributed by atoms with E-state index >= 15 is 0 Å². The largest absolute Gasteiger partial charge is 0.416 e. The van der Waals surface area contributed by atoms with E-state index in [0.29, 0.717) is 17.6 Å². The van der Waals surface area contributed by atoms with Crippen LogP contribution in [0.2, 0.25) is 0 Å². The molecular weight excluding hydrogens is 349 g/mol. The molecule has 0 aliphatic carbocycles. The lowest BCUT2D eigenvalue weighted by Gasteiger charge is -2.21. The fourth-order valence-corrected chi connectivity index (χ4v) is 2.61. The zero-order valence-corrected chi connectivity index (χ0v) is 12.9. The molecule has 2 rings (SSSR count). The van der Waals surface area contributed by atoms with E-state index in [-0.39, 0.29) is 11.7 Å². The standard InChI is InChI=1S/C14H16BrF3N2O/c15-11-6-5-10(14(16,17)18)9-12(11)19-13(21)20-7-3-1-2-4-8-20/h5-6,9H,1-4,7-8H2,(H,19,21). The normalized spacial score (nSPS) is 16.5. The Labute approximate surface area is 129 Å². The molecule has 1 aromatic carbocycles. The van der Waals surface area contributed by atoms with Gasteiger partial charge in [0.05, 0.1) is 11.3 Å². The molecule has 0 spiro atoms. The van der Waals surface area contributed by atoms with Crippen molar-refractivity contribution in [2.75, 3.05) is 18.4 Å². The van der Waals surface area contributed by atoms with Crippen molar-refractivity contribution >= 4 is 27.6 Å². The van der Waals surface area contributed by atoms with Gasteiger partial charge in [-0.25, -0.2) is 4.79 Å². The van der Waals surface area contributed by atoms with Crippen LogP contribution < -0.4 is 5.32 Å². The summed E-state index contributed by atoms with van der Waals surface area (Å²) in [7, 11) is 0. The summed E-state index contributed by atoms with van der Waals surface area (Å²) in [6.07, 6.45) is -0.411. The highest BCUT2D eigenvalue weighted by molar-refractivity contribution is 9.10. The average Bonchev–Trinajstić information content (AvgIpc) is 2.68. The third-order valence-electron chi connectivity index (χ3n) is 3.43.